The first kappa shape index (κ1) is 18.5. The molecule has 0 fully saturated rings. The fourth-order valence-corrected chi connectivity index (χ4v) is 1.02. The van der Waals surface area contributed by atoms with Crippen LogP contribution in [0.15, 0.2) is 18.3 Å². The van der Waals surface area contributed by atoms with Gasteiger partial charge >= 0.3 is 0 Å². The number of carbonyl (C=O) groups excluding carboxylic acids is 1. The Labute approximate surface area is 113 Å². The maximum atomic E-state index is 11.4. The molecule has 1 rings (SSSR count). The maximum Gasteiger partial charge on any atom is 0.244 e. The molecule has 0 saturated heterocycles. The molecule has 1 amide bonds. The number of rotatable bonds is 4. The molecule has 0 radical (unpaired) electrons. The molecule has 0 aliphatic heterocycles. The number of halogens is 2. The summed E-state index contributed by atoms with van der Waals surface area (Å²) in [5, 5.41) is 2.60. The van der Waals surface area contributed by atoms with Gasteiger partial charge in [0, 0.05) is 13.3 Å². The van der Waals surface area contributed by atoms with Gasteiger partial charge in [0.05, 0.1) is 6.61 Å². The number of aromatic nitrogens is 1. The Hall–Kier alpha value is -0.880. The molecule has 5 nitrogen and oxygen atoms in total. The molecule has 0 aromatic carbocycles. The van der Waals surface area contributed by atoms with Gasteiger partial charge in [-0.05, 0) is 18.6 Å². The number of aryl methyl sites for hydroxylation is 1. The van der Waals surface area contributed by atoms with Crippen molar-refractivity contribution in [2.75, 3.05) is 19.0 Å². The quantitative estimate of drug-likeness (QED) is 0.868. The summed E-state index contributed by atoms with van der Waals surface area (Å²) < 4.78 is 4.78. The normalized spacial score (nSPS) is 10.8. The highest BCUT2D eigenvalue weighted by molar-refractivity contribution is 5.93. The molecule has 98 valence electrons. The van der Waals surface area contributed by atoms with Crippen molar-refractivity contribution < 1.29 is 9.53 Å². The van der Waals surface area contributed by atoms with E-state index in [-0.39, 0.29) is 37.3 Å². The van der Waals surface area contributed by atoms with Crippen LogP contribution in [0.25, 0.3) is 0 Å². The molecular weight excluding hydrogens is 265 g/mol. The SMILES string of the molecule is COCC(N)C(=O)Nc1ccc(C)cn1.Cl.Cl. The number of hydrogen-bond acceptors (Lipinski definition) is 4. The Balaban J connectivity index is 0. The van der Waals surface area contributed by atoms with E-state index in [2.05, 4.69) is 10.3 Å². The molecule has 0 aliphatic rings. The zero-order valence-electron chi connectivity index (χ0n) is 9.67. The average Bonchev–Trinajstić information content (AvgIpc) is 2.22. The van der Waals surface area contributed by atoms with E-state index in [1.54, 1.807) is 12.3 Å². The summed E-state index contributed by atoms with van der Waals surface area (Å²) in [5.41, 5.74) is 6.58. The third kappa shape index (κ3) is 6.43. The summed E-state index contributed by atoms with van der Waals surface area (Å²) in [5.74, 6) is 0.199. The third-order valence-corrected chi connectivity index (χ3v) is 1.85. The Morgan fingerprint density at radius 3 is 2.65 bits per heavy atom. The second-order valence-electron chi connectivity index (χ2n) is 3.27. The lowest BCUT2D eigenvalue weighted by Crippen LogP contribution is -2.39. The van der Waals surface area contributed by atoms with Crippen LogP contribution in [0.3, 0.4) is 0 Å². The highest BCUT2D eigenvalue weighted by Crippen LogP contribution is 2.03. The largest absolute Gasteiger partial charge is 0.383 e. The van der Waals surface area contributed by atoms with Crippen molar-refractivity contribution in [2.45, 2.75) is 13.0 Å². The summed E-state index contributed by atoms with van der Waals surface area (Å²) in [4.78, 5) is 15.5. The van der Waals surface area contributed by atoms with Gasteiger partial charge in [-0.2, -0.15) is 0 Å². The number of amides is 1. The van der Waals surface area contributed by atoms with Crippen LogP contribution in [-0.2, 0) is 9.53 Å². The number of hydrogen-bond donors (Lipinski definition) is 2. The van der Waals surface area contributed by atoms with E-state index >= 15 is 0 Å². The van der Waals surface area contributed by atoms with Gasteiger partial charge in [0.25, 0.3) is 0 Å². The first-order valence-corrected chi connectivity index (χ1v) is 4.61. The van der Waals surface area contributed by atoms with Gasteiger partial charge in [-0.25, -0.2) is 4.98 Å². The van der Waals surface area contributed by atoms with Crippen LogP contribution in [0.2, 0.25) is 0 Å². The van der Waals surface area contributed by atoms with E-state index < -0.39 is 6.04 Å². The molecule has 1 heterocycles. The highest BCUT2D eigenvalue weighted by Gasteiger charge is 2.13. The van der Waals surface area contributed by atoms with Crippen molar-refractivity contribution in [3.8, 4) is 0 Å². The summed E-state index contributed by atoms with van der Waals surface area (Å²) >= 11 is 0. The van der Waals surface area contributed by atoms with Gasteiger partial charge in [-0.15, -0.1) is 24.8 Å². The number of anilines is 1. The second kappa shape index (κ2) is 9.18. The van der Waals surface area contributed by atoms with Crippen LogP contribution in [-0.4, -0.2) is 30.6 Å². The van der Waals surface area contributed by atoms with Crippen molar-refractivity contribution in [2.24, 2.45) is 5.73 Å². The smallest absolute Gasteiger partial charge is 0.244 e. The van der Waals surface area contributed by atoms with E-state index in [0.717, 1.165) is 5.56 Å². The third-order valence-electron chi connectivity index (χ3n) is 1.85. The van der Waals surface area contributed by atoms with Crippen LogP contribution in [0.4, 0.5) is 5.82 Å². The van der Waals surface area contributed by atoms with Crippen molar-refractivity contribution in [1.82, 2.24) is 4.98 Å². The van der Waals surface area contributed by atoms with Crippen molar-refractivity contribution in [1.29, 1.82) is 0 Å². The lowest BCUT2D eigenvalue weighted by atomic mass is 10.3. The zero-order chi connectivity index (χ0) is 11.3. The lowest BCUT2D eigenvalue weighted by molar-refractivity contribution is -0.118. The standard InChI is InChI=1S/C10H15N3O2.2ClH/c1-7-3-4-9(12-5-7)13-10(14)8(11)6-15-2;;/h3-5,8H,6,11H2,1-2H3,(H,12,13,14);2*1H. The van der Waals surface area contributed by atoms with Crippen molar-refractivity contribution in [3.63, 3.8) is 0 Å². The Morgan fingerprint density at radius 1 is 1.53 bits per heavy atom. The van der Waals surface area contributed by atoms with Crippen LogP contribution in [0.1, 0.15) is 5.56 Å². The fraction of sp³-hybridized carbons (Fsp3) is 0.400. The molecule has 0 saturated carbocycles. The maximum absolute atomic E-state index is 11.4. The van der Waals surface area contributed by atoms with E-state index in [1.807, 2.05) is 13.0 Å². The molecule has 1 aromatic heterocycles. The molecule has 3 N–H and O–H groups in total. The topological polar surface area (TPSA) is 77.2 Å². The predicted molar refractivity (Wildman–Crippen MR) is 72.0 cm³/mol. The van der Waals surface area contributed by atoms with Crippen LogP contribution in [0.5, 0.6) is 0 Å². The molecule has 7 heteroatoms. The number of nitrogens with zero attached hydrogens (tertiary/aromatic N) is 1. The lowest BCUT2D eigenvalue weighted by Gasteiger charge is -2.10. The number of ether oxygens (including phenoxy) is 1. The minimum atomic E-state index is -0.668. The van der Waals surface area contributed by atoms with Gasteiger partial charge in [0.1, 0.15) is 11.9 Å². The van der Waals surface area contributed by atoms with Crippen LogP contribution in [0, 0.1) is 6.92 Å². The zero-order valence-corrected chi connectivity index (χ0v) is 11.3. The monoisotopic (exact) mass is 281 g/mol. The first-order chi connectivity index (χ1) is 7.13. The molecule has 0 spiro atoms. The van der Waals surface area contributed by atoms with Crippen LogP contribution >= 0.6 is 24.8 Å². The van der Waals surface area contributed by atoms with Gasteiger partial charge < -0.3 is 15.8 Å². The Morgan fingerprint density at radius 2 is 2.18 bits per heavy atom. The van der Waals surface area contributed by atoms with Gasteiger partial charge in [0.15, 0.2) is 0 Å². The molecule has 1 atom stereocenters. The van der Waals surface area contributed by atoms with E-state index in [4.69, 9.17) is 10.5 Å². The number of carbonyl (C=O) groups is 1. The van der Waals surface area contributed by atoms with Crippen molar-refractivity contribution in [3.05, 3.63) is 23.9 Å². The number of nitrogens with two attached hydrogens (primary N) is 1. The number of methoxy groups -OCH3 is 1. The Bertz CT molecular complexity index is 333. The highest BCUT2D eigenvalue weighted by atomic mass is 35.5. The summed E-state index contributed by atoms with van der Waals surface area (Å²) in [6.07, 6.45) is 1.68. The van der Waals surface area contributed by atoms with E-state index in [1.165, 1.54) is 7.11 Å². The van der Waals surface area contributed by atoms with Crippen molar-refractivity contribution >= 4 is 36.5 Å². The van der Waals surface area contributed by atoms with E-state index in [0.29, 0.717) is 5.82 Å². The minimum absolute atomic E-state index is 0. The molecular formula is C10H17Cl2N3O2. The average molecular weight is 282 g/mol. The molecule has 0 bridgehead atoms. The summed E-state index contributed by atoms with van der Waals surface area (Å²) in [6, 6.07) is 2.93. The molecule has 0 aliphatic carbocycles. The van der Waals surface area contributed by atoms with Gasteiger partial charge in [-0.1, -0.05) is 6.07 Å². The van der Waals surface area contributed by atoms with Gasteiger partial charge in [0.2, 0.25) is 5.91 Å². The van der Waals surface area contributed by atoms with Gasteiger partial charge in [-0.3, -0.25) is 4.79 Å². The fourth-order valence-electron chi connectivity index (χ4n) is 1.02. The first-order valence-electron chi connectivity index (χ1n) is 4.61. The molecule has 1 unspecified atom stereocenters. The van der Waals surface area contributed by atoms with E-state index in [9.17, 15) is 4.79 Å². The number of nitrogens with one attached hydrogen (secondary N) is 1. The van der Waals surface area contributed by atoms with Crippen LogP contribution < -0.4 is 11.1 Å². The number of pyridine rings is 1. The summed E-state index contributed by atoms with van der Waals surface area (Å²) in [7, 11) is 1.50. The minimum Gasteiger partial charge on any atom is -0.383 e. The predicted octanol–water partition coefficient (Wildman–Crippen LogP) is 1.15. The molecule has 17 heavy (non-hydrogen) atoms. The molecule has 1 aromatic rings. The second-order valence-corrected chi connectivity index (χ2v) is 3.27. The Kier molecular flexibility index (Phi) is 9.98. The summed E-state index contributed by atoms with van der Waals surface area (Å²) in [6.45, 7) is 2.12.